The first-order chi connectivity index (χ1) is 22.8. The van der Waals surface area contributed by atoms with Gasteiger partial charge in [-0.15, -0.1) is 0 Å². The van der Waals surface area contributed by atoms with Crippen molar-refractivity contribution in [3.63, 3.8) is 0 Å². The van der Waals surface area contributed by atoms with Gasteiger partial charge in [0.1, 0.15) is 0 Å². The fourth-order valence-corrected chi connectivity index (χ4v) is 8.54. The quantitative estimate of drug-likeness (QED) is 0.200. The molecule has 0 aliphatic carbocycles. The highest BCUT2D eigenvalue weighted by Gasteiger charge is 2.42. The van der Waals surface area contributed by atoms with Crippen molar-refractivity contribution in [2.75, 3.05) is 0 Å². The van der Waals surface area contributed by atoms with Gasteiger partial charge in [-0.1, -0.05) is 129 Å². The van der Waals surface area contributed by atoms with Crippen LogP contribution in [0, 0.1) is 0 Å². The Bertz CT molecular complexity index is 1200. The standard InChI is InChI=1S/C42H76O5Si3/c1-35-28-22-18-17-19-23-31-37(46-49(13,14)41(5,6)7)34-38(47-50(15,16)42(8,9)10)32-26-20-24-29-36(45-48(11,12)40(2,3)4)30-25-21-27-33-39(43)44-35/h17,19-21,23-27,29,31,33,35-38H,18,22,28,30,32,34H2,1-16H3/b19-17+,25-21+,26-20-,29-24+,31-23+,33-27-/t35-,36-,37+,38+/m1/s1. The third-order valence-corrected chi connectivity index (χ3v) is 24.5. The minimum Gasteiger partial charge on any atom is -0.460 e. The van der Waals surface area contributed by atoms with Crippen LogP contribution in [0.2, 0.25) is 54.4 Å². The van der Waals surface area contributed by atoms with E-state index in [1.807, 2.05) is 13.0 Å². The molecule has 0 spiro atoms. The number of hydrogen-bond acceptors (Lipinski definition) is 5. The van der Waals surface area contributed by atoms with Gasteiger partial charge in [-0.3, -0.25) is 0 Å². The van der Waals surface area contributed by atoms with Crippen LogP contribution in [0.4, 0.5) is 0 Å². The van der Waals surface area contributed by atoms with Crippen LogP contribution in [0.1, 0.15) is 108 Å². The Hall–Kier alpha value is -1.56. The summed E-state index contributed by atoms with van der Waals surface area (Å²) in [4.78, 5) is 12.4. The third kappa shape index (κ3) is 17.3. The lowest BCUT2D eigenvalue weighted by Crippen LogP contribution is -2.47. The summed E-state index contributed by atoms with van der Waals surface area (Å²) >= 11 is 0. The highest BCUT2D eigenvalue weighted by molar-refractivity contribution is 6.75. The largest absolute Gasteiger partial charge is 0.460 e. The minimum atomic E-state index is -2.04. The third-order valence-electron chi connectivity index (χ3n) is 11.0. The first kappa shape index (κ1) is 46.5. The number of carbonyl (C=O) groups is 1. The molecule has 1 aliphatic rings. The summed E-state index contributed by atoms with van der Waals surface area (Å²) in [6.45, 7) is 36.5. The molecular formula is C42H76O5Si3. The first-order valence-electron chi connectivity index (χ1n) is 19.0. The van der Waals surface area contributed by atoms with E-state index in [1.54, 1.807) is 6.08 Å². The van der Waals surface area contributed by atoms with Crippen molar-refractivity contribution < 1.29 is 22.8 Å². The summed E-state index contributed by atoms with van der Waals surface area (Å²) in [5, 5.41) is 0.307. The van der Waals surface area contributed by atoms with Gasteiger partial charge in [-0.05, 0) is 93.4 Å². The molecule has 0 aromatic heterocycles. The van der Waals surface area contributed by atoms with Gasteiger partial charge in [0, 0.05) is 12.5 Å². The maximum absolute atomic E-state index is 12.4. The van der Waals surface area contributed by atoms with Crippen LogP contribution in [0.15, 0.2) is 72.9 Å². The van der Waals surface area contributed by atoms with E-state index >= 15 is 0 Å². The van der Waals surface area contributed by atoms with E-state index in [1.165, 1.54) is 6.08 Å². The lowest BCUT2D eigenvalue weighted by molar-refractivity contribution is -0.142. The van der Waals surface area contributed by atoms with Crippen molar-refractivity contribution >= 4 is 30.9 Å². The van der Waals surface area contributed by atoms with E-state index in [9.17, 15) is 4.79 Å². The summed E-state index contributed by atoms with van der Waals surface area (Å²) in [7, 11) is -6.09. The van der Waals surface area contributed by atoms with Gasteiger partial charge in [-0.25, -0.2) is 4.79 Å². The monoisotopic (exact) mass is 745 g/mol. The van der Waals surface area contributed by atoms with Gasteiger partial charge in [-0.2, -0.15) is 0 Å². The molecule has 286 valence electrons. The SMILES string of the molecule is C[C@@H]1CCC/C=C/C=C/[C@H](O[Si](C)(C)C(C)(C)C)C[C@@H](O[Si](C)(C)C(C)(C)C)C/C=C\C=C\[C@@H](O[Si](C)(C)C(C)(C)C)C/C=C/C=C\C(=O)O1. The zero-order chi connectivity index (χ0) is 38.4. The van der Waals surface area contributed by atoms with Gasteiger partial charge >= 0.3 is 5.97 Å². The molecule has 5 nitrogen and oxygen atoms in total. The molecule has 0 bridgehead atoms. The van der Waals surface area contributed by atoms with Gasteiger partial charge in [0.15, 0.2) is 25.0 Å². The number of cyclic esters (lactones) is 1. The van der Waals surface area contributed by atoms with Crippen LogP contribution in [0.3, 0.4) is 0 Å². The van der Waals surface area contributed by atoms with E-state index in [0.717, 1.165) is 38.5 Å². The van der Waals surface area contributed by atoms with Gasteiger partial charge in [0.05, 0.1) is 24.4 Å². The molecule has 8 heteroatoms. The summed E-state index contributed by atoms with van der Waals surface area (Å²) < 4.78 is 26.6. The van der Waals surface area contributed by atoms with Crippen molar-refractivity contribution in [2.24, 2.45) is 0 Å². The lowest BCUT2D eigenvalue weighted by Gasteiger charge is -2.42. The normalized spacial score (nSPS) is 27.7. The van der Waals surface area contributed by atoms with E-state index in [0.29, 0.717) is 0 Å². The number of hydrogen-bond donors (Lipinski definition) is 0. The Balaban J connectivity index is 3.53. The summed E-state index contributed by atoms with van der Waals surface area (Å²) in [6, 6.07) is 0. The zero-order valence-corrected chi connectivity index (χ0v) is 38.0. The van der Waals surface area contributed by atoms with Crippen LogP contribution >= 0.6 is 0 Å². The van der Waals surface area contributed by atoms with E-state index in [2.05, 4.69) is 156 Å². The highest BCUT2D eigenvalue weighted by Crippen LogP contribution is 2.41. The molecule has 1 heterocycles. The highest BCUT2D eigenvalue weighted by atomic mass is 28.4. The van der Waals surface area contributed by atoms with E-state index in [-0.39, 0.29) is 45.5 Å². The molecule has 0 unspecified atom stereocenters. The number of rotatable bonds is 6. The number of allylic oxidation sites excluding steroid dienone is 7. The molecule has 0 aromatic carbocycles. The first-order valence-corrected chi connectivity index (χ1v) is 27.7. The van der Waals surface area contributed by atoms with Crippen molar-refractivity contribution in [2.45, 2.75) is 187 Å². The molecule has 0 saturated carbocycles. The van der Waals surface area contributed by atoms with Crippen molar-refractivity contribution in [3.8, 4) is 0 Å². The second-order valence-corrected chi connectivity index (χ2v) is 32.9. The van der Waals surface area contributed by atoms with Crippen molar-refractivity contribution in [1.29, 1.82) is 0 Å². The summed E-state index contributed by atoms with van der Waals surface area (Å²) in [5.74, 6) is -0.308. The molecule has 0 radical (unpaired) electrons. The average Bonchev–Trinajstić information content (AvgIpc) is 2.93. The average molecular weight is 745 g/mol. The molecule has 0 amide bonds. The Morgan fingerprint density at radius 3 is 1.64 bits per heavy atom. The molecule has 0 aromatic rings. The zero-order valence-electron chi connectivity index (χ0n) is 35.0. The van der Waals surface area contributed by atoms with Crippen molar-refractivity contribution in [1.82, 2.24) is 0 Å². The van der Waals surface area contributed by atoms with Crippen LogP contribution in [-0.4, -0.2) is 55.3 Å². The molecular weight excluding hydrogens is 669 g/mol. The molecule has 0 fully saturated rings. The molecule has 1 aliphatic heterocycles. The van der Waals surface area contributed by atoms with Crippen LogP contribution in [0.25, 0.3) is 0 Å². The Morgan fingerprint density at radius 1 is 0.620 bits per heavy atom. The lowest BCUT2D eigenvalue weighted by atomic mass is 10.1. The minimum absolute atomic E-state index is 0.0349. The number of esters is 1. The fraction of sp³-hybridized carbons (Fsp3) is 0.690. The number of carbonyl (C=O) groups excluding carboxylic acids is 1. The summed E-state index contributed by atoms with van der Waals surface area (Å²) in [5.41, 5.74) is 0. The smallest absolute Gasteiger partial charge is 0.331 e. The van der Waals surface area contributed by atoms with Gasteiger partial charge in [0.25, 0.3) is 0 Å². The maximum atomic E-state index is 12.4. The predicted octanol–water partition coefficient (Wildman–Crippen LogP) is 12.8. The van der Waals surface area contributed by atoms with Crippen LogP contribution in [-0.2, 0) is 22.8 Å². The van der Waals surface area contributed by atoms with Gasteiger partial charge < -0.3 is 18.0 Å². The molecule has 0 saturated heterocycles. The van der Waals surface area contributed by atoms with Crippen molar-refractivity contribution in [3.05, 3.63) is 72.9 Å². The van der Waals surface area contributed by atoms with E-state index in [4.69, 9.17) is 18.0 Å². The van der Waals surface area contributed by atoms with Gasteiger partial charge in [0.2, 0.25) is 0 Å². The fourth-order valence-electron chi connectivity index (χ4n) is 4.59. The van der Waals surface area contributed by atoms with E-state index < -0.39 is 25.0 Å². The topological polar surface area (TPSA) is 54.0 Å². The summed E-state index contributed by atoms with van der Waals surface area (Å²) in [6.07, 6.45) is 29.4. The maximum Gasteiger partial charge on any atom is 0.331 e. The van der Waals surface area contributed by atoms with Crippen LogP contribution < -0.4 is 0 Å². The Kier molecular flexibility index (Phi) is 18.6. The predicted molar refractivity (Wildman–Crippen MR) is 224 cm³/mol. The number of ether oxygens (including phenoxy) is 1. The second-order valence-electron chi connectivity index (χ2n) is 18.6. The second kappa shape index (κ2) is 20.0. The molecule has 50 heavy (non-hydrogen) atoms. The molecule has 1 rings (SSSR count). The molecule has 4 atom stereocenters. The molecule has 0 N–H and O–H groups in total. The van der Waals surface area contributed by atoms with Crippen LogP contribution in [0.5, 0.6) is 0 Å². The Morgan fingerprint density at radius 2 is 1.08 bits per heavy atom. The Labute approximate surface area is 312 Å².